The van der Waals surface area contributed by atoms with Crippen molar-refractivity contribution in [2.45, 2.75) is 25.3 Å². The van der Waals surface area contributed by atoms with Crippen LogP contribution in [0.25, 0.3) is 16.9 Å². The van der Waals surface area contributed by atoms with Gasteiger partial charge in [-0.2, -0.15) is 4.31 Å². The Bertz CT molecular complexity index is 1390. The van der Waals surface area contributed by atoms with Gasteiger partial charge in [0.15, 0.2) is 5.65 Å². The summed E-state index contributed by atoms with van der Waals surface area (Å²) in [4.78, 5) is 12.0. The molecule has 0 aliphatic carbocycles. The Balaban J connectivity index is 1.35. The summed E-state index contributed by atoms with van der Waals surface area (Å²) in [6, 6.07) is 19.3. The van der Waals surface area contributed by atoms with Gasteiger partial charge in [-0.1, -0.05) is 24.3 Å². The van der Waals surface area contributed by atoms with E-state index < -0.39 is 10.0 Å². The number of hydrogen-bond donors (Lipinski definition) is 0. The molecule has 4 aromatic rings. The molecule has 0 radical (unpaired) electrons. The Hall–Kier alpha value is -3.07. The zero-order valence-electron chi connectivity index (χ0n) is 18.8. The normalized spacial score (nSPS) is 15.8. The van der Waals surface area contributed by atoms with Crippen LogP contribution in [0.2, 0.25) is 0 Å². The molecule has 1 aliphatic rings. The third-order valence-electron chi connectivity index (χ3n) is 6.31. The van der Waals surface area contributed by atoms with E-state index in [1.807, 2.05) is 62.4 Å². The van der Waals surface area contributed by atoms with Crippen molar-refractivity contribution >= 4 is 21.2 Å². The third-order valence-corrected chi connectivity index (χ3v) is 8.21. The van der Waals surface area contributed by atoms with Gasteiger partial charge in [-0.05, 0) is 61.4 Å². The Kier molecular flexibility index (Phi) is 5.74. The highest BCUT2D eigenvalue weighted by atomic mass is 32.2. The fourth-order valence-corrected chi connectivity index (χ4v) is 5.77. The van der Waals surface area contributed by atoms with Gasteiger partial charge < -0.3 is 0 Å². The topological polar surface area (TPSA) is 71.3 Å². The van der Waals surface area contributed by atoms with E-state index in [1.165, 1.54) is 0 Å². The highest BCUT2D eigenvalue weighted by molar-refractivity contribution is 7.89. The van der Waals surface area contributed by atoms with Gasteiger partial charge in [0.1, 0.15) is 11.3 Å². The van der Waals surface area contributed by atoms with Crippen LogP contribution in [0.15, 0.2) is 71.8 Å². The van der Waals surface area contributed by atoms with E-state index in [4.69, 9.17) is 4.98 Å². The van der Waals surface area contributed by atoms with Crippen LogP contribution in [-0.4, -0.2) is 58.3 Å². The predicted octanol–water partition coefficient (Wildman–Crippen LogP) is 3.54. The number of aryl methyl sites for hydroxylation is 2. The molecular formula is C25H27N5O2S. The number of hydrogen-bond acceptors (Lipinski definition) is 5. The standard InChI is InChI=1S/C25H27N5O2S/c1-19-10-11-22(17-20(19)2)33(31,32)29-15-13-28(14-16-29)18-24-27-23-9-6-12-26-25(23)30(24)21-7-4-3-5-8-21/h3-12,17H,13-16,18H2,1-2H3. The summed E-state index contributed by atoms with van der Waals surface area (Å²) in [6.07, 6.45) is 1.78. The highest BCUT2D eigenvalue weighted by Gasteiger charge is 2.29. The zero-order chi connectivity index (χ0) is 23.0. The molecule has 1 fully saturated rings. The molecule has 0 spiro atoms. The first kappa shape index (κ1) is 21.8. The van der Waals surface area contributed by atoms with E-state index in [0.29, 0.717) is 37.6 Å². The van der Waals surface area contributed by atoms with Crippen molar-refractivity contribution in [3.8, 4) is 5.69 Å². The Labute approximate surface area is 194 Å². The van der Waals surface area contributed by atoms with Crippen molar-refractivity contribution in [1.29, 1.82) is 0 Å². The molecule has 0 saturated carbocycles. The van der Waals surface area contributed by atoms with Crippen LogP contribution >= 0.6 is 0 Å². The quantitative estimate of drug-likeness (QED) is 0.455. The molecule has 0 unspecified atom stereocenters. The lowest BCUT2D eigenvalue weighted by Crippen LogP contribution is -2.48. The number of pyridine rings is 1. The molecular weight excluding hydrogens is 434 g/mol. The average molecular weight is 462 g/mol. The number of para-hydroxylation sites is 1. The zero-order valence-corrected chi connectivity index (χ0v) is 19.7. The molecule has 0 atom stereocenters. The molecule has 1 saturated heterocycles. The van der Waals surface area contributed by atoms with Gasteiger partial charge in [-0.15, -0.1) is 0 Å². The summed E-state index contributed by atoms with van der Waals surface area (Å²) in [5, 5.41) is 0. The number of rotatable bonds is 5. The monoisotopic (exact) mass is 461 g/mol. The van der Waals surface area contributed by atoms with Crippen molar-refractivity contribution in [1.82, 2.24) is 23.7 Å². The van der Waals surface area contributed by atoms with Gasteiger partial charge in [0.05, 0.1) is 11.4 Å². The molecule has 7 nitrogen and oxygen atoms in total. The maximum atomic E-state index is 13.2. The van der Waals surface area contributed by atoms with Crippen molar-refractivity contribution in [2.24, 2.45) is 0 Å². The van der Waals surface area contributed by atoms with Crippen molar-refractivity contribution in [2.75, 3.05) is 26.2 Å². The number of benzene rings is 2. The maximum Gasteiger partial charge on any atom is 0.243 e. The predicted molar refractivity (Wildman–Crippen MR) is 129 cm³/mol. The summed E-state index contributed by atoms with van der Waals surface area (Å²) in [5.41, 5.74) is 4.78. The molecule has 0 N–H and O–H groups in total. The molecule has 2 aromatic heterocycles. The number of sulfonamides is 1. The summed E-state index contributed by atoms with van der Waals surface area (Å²) in [6.45, 7) is 6.77. The summed E-state index contributed by atoms with van der Waals surface area (Å²) >= 11 is 0. The molecule has 33 heavy (non-hydrogen) atoms. The molecule has 5 rings (SSSR count). The average Bonchev–Trinajstić information content (AvgIpc) is 3.19. The fraction of sp³-hybridized carbons (Fsp3) is 0.280. The highest BCUT2D eigenvalue weighted by Crippen LogP contribution is 2.23. The lowest BCUT2D eigenvalue weighted by molar-refractivity contribution is 0.177. The van der Waals surface area contributed by atoms with E-state index in [0.717, 1.165) is 33.8 Å². The van der Waals surface area contributed by atoms with Gasteiger partial charge in [0.2, 0.25) is 10.0 Å². The molecule has 2 aromatic carbocycles. The molecule has 0 amide bonds. The van der Waals surface area contributed by atoms with Crippen molar-refractivity contribution in [3.63, 3.8) is 0 Å². The second-order valence-electron chi connectivity index (χ2n) is 8.47. The fourth-order valence-electron chi connectivity index (χ4n) is 4.27. The Morgan fingerprint density at radius 3 is 2.36 bits per heavy atom. The molecule has 170 valence electrons. The lowest BCUT2D eigenvalue weighted by atomic mass is 10.1. The SMILES string of the molecule is Cc1ccc(S(=O)(=O)N2CCN(Cc3nc4cccnc4n3-c3ccccc3)CC2)cc1C. The van der Waals surface area contributed by atoms with Crippen LogP contribution in [0.4, 0.5) is 0 Å². The summed E-state index contributed by atoms with van der Waals surface area (Å²) < 4.78 is 30.0. The second-order valence-corrected chi connectivity index (χ2v) is 10.4. The second kappa shape index (κ2) is 8.70. The Morgan fingerprint density at radius 1 is 0.879 bits per heavy atom. The van der Waals surface area contributed by atoms with E-state index in [1.54, 1.807) is 22.6 Å². The van der Waals surface area contributed by atoms with E-state index in [-0.39, 0.29) is 0 Å². The van der Waals surface area contributed by atoms with Crippen LogP contribution in [0, 0.1) is 13.8 Å². The first-order valence-electron chi connectivity index (χ1n) is 11.1. The summed E-state index contributed by atoms with van der Waals surface area (Å²) in [7, 11) is -3.49. The van der Waals surface area contributed by atoms with Crippen LogP contribution in [-0.2, 0) is 16.6 Å². The van der Waals surface area contributed by atoms with Crippen LogP contribution in [0.3, 0.4) is 0 Å². The van der Waals surface area contributed by atoms with Gasteiger partial charge in [-0.25, -0.2) is 18.4 Å². The van der Waals surface area contributed by atoms with Crippen LogP contribution < -0.4 is 0 Å². The molecule has 3 heterocycles. The van der Waals surface area contributed by atoms with Gasteiger partial charge in [0, 0.05) is 38.1 Å². The largest absolute Gasteiger partial charge is 0.293 e. The van der Waals surface area contributed by atoms with Crippen LogP contribution in [0.1, 0.15) is 17.0 Å². The Morgan fingerprint density at radius 2 is 1.64 bits per heavy atom. The van der Waals surface area contributed by atoms with E-state index in [9.17, 15) is 8.42 Å². The number of fused-ring (bicyclic) bond motifs is 1. The minimum atomic E-state index is -3.49. The van der Waals surface area contributed by atoms with E-state index >= 15 is 0 Å². The van der Waals surface area contributed by atoms with Crippen molar-refractivity contribution in [3.05, 3.63) is 83.8 Å². The smallest absolute Gasteiger partial charge is 0.243 e. The number of imidazole rings is 1. The van der Waals surface area contributed by atoms with Crippen molar-refractivity contribution < 1.29 is 8.42 Å². The van der Waals surface area contributed by atoms with Gasteiger partial charge in [-0.3, -0.25) is 9.47 Å². The minimum Gasteiger partial charge on any atom is -0.293 e. The first-order valence-corrected chi connectivity index (χ1v) is 12.5. The van der Waals surface area contributed by atoms with Gasteiger partial charge >= 0.3 is 0 Å². The summed E-state index contributed by atoms with van der Waals surface area (Å²) in [5.74, 6) is 0.903. The molecule has 8 heteroatoms. The first-order chi connectivity index (χ1) is 15.9. The van der Waals surface area contributed by atoms with E-state index in [2.05, 4.69) is 14.5 Å². The minimum absolute atomic E-state index is 0.371. The van der Waals surface area contributed by atoms with Gasteiger partial charge in [0.25, 0.3) is 0 Å². The number of piperazine rings is 1. The molecule has 0 bridgehead atoms. The maximum absolute atomic E-state index is 13.2. The third kappa shape index (κ3) is 4.17. The molecule has 1 aliphatic heterocycles. The number of nitrogens with zero attached hydrogens (tertiary/aromatic N) is 5. The lowest BCUT2D eigenvalue weighted by Gasteiger charge is -2.33. The van der Waals surface area contributed by atoms with Crippen LogP contribution in [0.5, 0.6) is 0 Å². The number of aromatic nitrogens is 3.